The van der Waals surface area contributed by atoms with Crippen LogP contribution in [0.15, 0.2) is 24.3 Å². The molecule has 3 amide bonds. The van der Waals surface area contributed by atoms with Gasteiger partial charge in [-0.3, -0.25) is 19.2 Å². The van der Waals surface area contributed by atoms with Gasteiger partial charge in [-0.2, -0.15) is 0 Å². The molecule has 0 aliphatic carbocycles. The molecule has 0 saturated carbocycles. The summed E-state index contributed by atoms with van der Waals surface area (Å²) in [6, 6.07) is 6.63. The lowest BCUT2D eigenvalue weighted by molar-refractivity contribution is -0.151. The number of likely N-dealkylation sites (N-methyl/N-ethyl adjacent to an activating group) is 2. The fourth-order valence-corrected chi connectivity index (χ4v) is 1.87. The van der Waals surface area contributed by atoms with Crippen molar-refractivity contribution in [2.45, 2.75) is 6.92 Å². The second kappa shape index (κ2) is 10.7. The second-order valence-corrected chi connectivity index (χ2v) is 5.20. The zero-order valence-electron chi connectivity index (χ0n) is 15.0. The fraction of sp³-hybridized carbons (Fsp3) is 0.412. The normalized spacial score (nSPS) is 9.81. The Morgan fingerprint density at radius 1 is 1.15 bits per heavy atom. The Labute approximate surface area is 151 Å². The Bertz CT molecular complexity index is 662. The van der Waals surface area contributed by atoms with Crippen LogP contribution in [0.4, 0.5) is 0 Å². The van der Waals surface area contributed by atoms with Crippen LogP contribution in [-0.4, -0.2) is 69.0 Å². The Morgan fingerprint density at radius 3 is 2.50 bits per heavy atom. The molecule has 9 nitrogen and oxygen atoms in total. The van der Waals surface area contributed by atoms with Gasteiger partial charge in [0.1, 0.15) is 12.3 Å². The van der Waals surface area contributed by atoms with Gasteiger partial charge < -0.3 is 25.0 Å². The molecular formula is C17H23N3O6. The Morgan fingerprint density at radius 2 is 1.85 bits per heavy atom. The molecule has 0 spiro atoms. The van der Waals surface area contributed by atoms with Gasteiger partial charge in [0.2, 0.25) is 5.91 Å². The standard InChI is InChI=1S/C17H23N3O6/c1-4-25-13-8-6-5-7-12(13)17(24)19-9-16(23)26-11-15(22)20(3)10-14(21)18-2/h5-8H,4,9-11H2,1-3H3,(H,18,21)(H,19,24). The van der Waals surface area contributed by atoms with E-state index < -0.39 is 30.9 Å². The molecule has 0 fully saturated rings. The van der Waals surface area contributed by atoms with Crippen LogP contribution in [-0.2, 0) is 19.1 Å². The van der Waals surface area contributed by atoms with Gasteiger partial charge in [-0.05, 0) is 19.1 Å². The van der Waals surface area contributed by atoms with E-state index in [1.54, 1.807) is 31.2 Å². The summed E-state index contributed by atoms with van der Waals surface area (Å²) in [5.74, 6) is -1.72. The van der Waals surface area contributed by atoms with Crippen molar-refractivity contribution >= 4 is 23.7 Å². The maximum atomic E-state index is 12.1. The monoisotopic (exact) mass is 365 g/mol. The van der Waals surface area contributed by atoms with E-state index in [2.05, 4.69) is 10.6 Å². The Balaban J connectivity index is 2.44. The van der Waals surface area contributed by atoms with Gasteiger partial charge in [0.05, 0.1) is 18.7 Å². The number of amides is 3. The molecule has 0 saturated heterocycles. The first-order valence-corrected chi connectivity index (χ1v) is 7.99. The number of ether oxygens (including phenoxy) is 2. The third-order valence-corrected chi connectivity index (χ3v) is 3.27. The smallest absolute Gasteiger partial charge is 0.325 e. The van der Waals surface area contributed by atoms with Crippen molar-refractivity contribution in [1.82, 2.24) is 15.5 Å². The molecule has 1 aromatic rings. The maximum Gasteiger partial charge on any atom is 0.325 e. The molecule has 0 aliphatic rings. The van der Waals surface area contributed by atoms with E-state index in [1.807, 2.05) is 0 Å². The number of carbonyl (C=O) groups excluding carboxylic acids is 4. The number of hydrogen-bond donors (Lipinski definition) is 2. The summed E-state index contributed by atoms with van der Waals surface area (Å²) in [5.41, 5.74) is 0.295. The molecule has 0 radical (unpaired) electrons. The summed E-state index contributed by atoms with van der Waals surface area (Å²) >= 11 is 0. The molecule has 1 aromatic carbocycles. The summed E-state index contributed by atoms with van der Waals surface area (Å²) in [6.07, 6.45) is 0. The highest BCUT2D eigenvalue weighted by molar-refractivity contribution is 5.98. The third-order valence-electron chi connectivity index (χ3n) is 3.27. The van der Waals surface area contributed by atoms with E-state index in [-0.39, 0.29) is 12.5 Å². The Hall–Kier alpha value is -3.10. The topological polar surface area (TPSA) is 114 Å². The van der Waals surface area contributed by atoms with E-state index >= 15 is 0 Å². The molecule has 0 atom stereocenters. The van der Waals surface area contributed by atoms with Crippen molar-refractivity contribution in [2.75, 3.05) is 40.4 Å². The van der Waals surface area contributed by atoms with Crippen LogP contribution in [0.2, 0.25) is 0 Å². The average Bonchev–Trinajstić information content (AvgIpc) is 2.64. The minimum Gasteiger partial charge on any atom is -0.493 e. The van der Waals surface area contributed by atoms with Gasteiger partial charge in [-0.15, -0.1) is 0 Å². The molecule has 142 valence electrons. The lowest BCUT2D eigenvalue weighted by Crippen LogP contribution is -2.39. The summed E-state index contributed by atoms with van der Waals surface area (Å²) in [7, 11) is 2.87. The van der Waals surface area contributed by atoms with Crippen LogP contribution in [0.1, 0.15) is 17.3 Å². The minimum absolute atomic E-state index is 0.141. The molecule has 2 N–H and O–H groups in total. The lowest BCUT2D eigenvalue weighted by atomic mass is 10.2. The van der Waals surface area contributed by atoms with Crippen molar-refractivity contribution in [3.05, 3.63) is 29.8 Å². The largest absolute Gasteiger partial charge is 0.493 e. The molecular weight excluding hydrogens is 342 g/mol. The minimum atomic E-state index is -0.770. The first-order valence-electron chi connectivity index (χ1n) is 7.99. The van der Waals surface area contributed by atoms with Crippen LogP contribution in [0, 0.1) is 0 Å². The van der Waals surface area contributed by atoms with Crippen LogP contribution >= 0.6 is 0 Å². The van der Waals surface area contributed by atoms with Crippen molar-refractivity contribution in [1.29, 1.82) is 0 Å². The van der Waals surface area contributed by atoms with E-state index in [1.165, 1.54) is 14.1 Å². The molecule has 26 heavy (non-hydrogen) atoms. The van der Waals surface area contributed by atoms with Crippen molar-refractivity contribution < 1.29 is 28.7 Å². The van der Waals surface area contributed by atoms with Gasteiger partial charge in [0.15, 0.2) is 6.61 Å². The number of benzene rings is 1. The maximum absolute atomic E-state index is 12.1. The number of rotatable bonds is 9. The van der Waals surface area contributed by atoms with E-state index in [0.29, 0.717) is 17.9 Å². The lowest BCUT2D eigenvalue weighted by Gasteiger charge is -2.16. The molecule has 0 aromatic heterocycles. The second-order valence-electron chi connectivity index (χ2n) is 5.20. The van der Waals surface area contributed by atoms with Gasteiger partial charge in [-0.25, -0.2) is 0 Å². The van der Waals surface area contributed by atoms with E-state index in [9.17, 15) is 19.2 Å². The van der Waals surface area contributed by atoms with Crippen LogP contribution in [0.3, 0.4) is 0 Å². The number of para-hydroxylation sites is 1. The SMILES string of the molecule is CCOc1ccccc1C(=O)NCC(=O)OCC(=O)N(C)CC(=O)NC. The summed E-state index contributed by atoms with van der Waals surface area (Å²) in [6.45, 7) is 1.14. The number of nitrogens with zero attached hydrogens (tertiary/aromatic N) is 1. The summed E-state index contributed by atoms with van der Waals surface area (Å²) < 4.78 is 10.1. The molecule has 0 bridgehead atoms. The molecule has 0 heterocycles. The summed E-state index contributed by atoms with van der Waals surface area (Å²) in [4.78, 5) is 47.9. The number of esters is 1. The molecule has 0 aliphatic heterocycles. The molecule has 0 unspecified atom stereocenters. The first-order chi connectivity index (χ1) is 12.4. The van der Waals surface area contributed by atoms with Gasteiger partial charge >= 0.3 is 5.97 Å². The highest BCUT2D eigenvalue weighted by Crippen LogP contribution is 2.17. The number of nitrogens with one attached hydrogen (secondary N) is 2. The third kappa shape index (κ3) is 6.80. The zero-order valence-corrected chi connectivity index (χ0v) is 15.0. The van der Waals surface area contributed by atoms with Crippen molar-refractivity contribution in [3.63, 3.8) is 0 Å². The molecule has 9 heteroatoms. The Kier molecular flexibility index (Phi) is 8.62. The molecule has 1 rings (SSSR count). The van der Waals surface area contributed by atoms with Crippen LogP contribution < -0.4 is 15.4 Å². The van der Waals surface area contributed by atoms with Crippen LogP contribution in [0.25, 0.3) is 0 Å². The van der Waals surface area contributed by atoms with Crippen molar-refractivity contribution in [2.24, 2.45) is 0 Å². The first kappa shape index (κ1) is 20.9. The predicted molar refractivity (Wildman–Crippen MR) is 92.6 cm³/mol. The van der Waals surface area contributed by atoms with E-state index in [4.69, 9.17) is 9.47 Å². The number of hydrogen-bond acceptors (Lipinski definition) is 6. The highest BCUT2D eigenvalue weighted by atomic mass is 16.5. The zero-order chi connectivity index (χ0) is 19.5. The fourth-order valence-electron chi connectivity index (χ4n) is 1.87. The van der Waals surface area contributed by atoms with Gasteiger partial charge in [0, 0.05) is 14.1 Å². The highest BCUT2D eigenvalue weighted by Gasteiger charge is 2.16. The van der Waals surface area contributed by atoms with Gasteiger partial charge in [0.25, 0.3) is 11.8 Å². The van der Waals surface area contributed by atoms with E-state index in [0.717, 1.165) is 4.90 Å². The predicted octanol–water partition coefficient (Wildman–Crippen LogP) is -0.437. The number of carbonyl (C=O) groups is 4. The van der Waals surface area contributed by atoms with Crippen molar-refractivity contribution in [3.8, 4) is 5.75 Å². The van der Waals surface area contributed by atoms with Crippen LogP contribution in [0.5, 0.6) is 5.75 Å². The summed E-state index contributed by atoms with van der Waals surface area (Å²) in [5, 5.41) is 4.79. The average molecular weight is 365 g/mol. The van der Waals surface area contributed by atoms with Gasteiger partial charge in [-0.1, -0.05) is 12.1 Å². The quantitative estimate of drug-likeness (QED) is 0.574.